The lowest BCUT2D eigenvalue weighted by Gasteiger charge is -2.16. The van der Waals surface area contributed by atoms with Crippen LogP contribution >= 0.6 is 0 Å². The molecule has 338 valence electrons. The number of aliphatic hydroxyl groups is 1. The highest BCUT2D eigenvalue weighted by Gasteiger charge is 2.13. The number of aliphatic hydroxyl groups excluding tert-OH is 1. The van der Waals surface area contributed by atoms with Gasteiger partial charge in [0.2, 0.25) is 0 Å². The molecule has 0 heterocycles. The molecule has 0 aliphatic heterocycles. The molecule has 0 bridgehead atoms. The smallest absolute Gasteiger partial charge is 0.306 e. The Morgan fingerprint density at radius 1 is 0.421 bits per heavy atom. The van der Waals surface area contributed by atoms with Crippen LogP contribution < -0.4 is 0 Å². The molecule has 57 heavy (non-hydrogen) atoms. The molecule has 0 aliphatic rings. The van der Waals surface area contributed by atoms with Crippen LogP contribution in [-0.4, -0.2) is 37.0 Å². The summed E-state index contributed by atoms with van der Waals surface area (Å²) in [5, 5.41) is 9.65. The van der Waals surface area contributed by atoms with Crippen LogP contribution in [0.15, 0.2) is 24.3 Å². The van der Waals surface area contributed by atoms with E-state index in [0.717, 1.165) is 25.7 Å². The molecular weight excluding hydrogens is 701 g/mol. The third-order valence-corrected chi connectivity index (χ3v) is 11.8. The molecule has 4 nitrogen and oxygen atoms in total. The minimum atomic E-state index is -0.533. The van der Waals surface area contributed by atoms with Gasteiger partial charge < -0.3 is 14.6 Å². The van der Waals surface area contributed by atoms with Gasteiger partial charge in [0.05, 0.1) is 13.2 Å². The standard InChI is InChI=1S/C53H102O4/c1-3-5-7-9-11-13-15-17-19-21-23-24-25-26-27-28-29-31-33-35-37-39-41-43-45-47-49-56-51-52(50-54)57-53(55)48-46-44-42-40-38-36-34-32-30-22-20-18-16-14-12-10-8-6-4-2/h12,14,18,20,52,54H,3-11,13,15-17,19,21-51H2,1-2H3/b14-12-,20-18-. The molecule has 1 atom stereocenters. The molecule has 0 rings (SSSR count). The Bertz CT molecular complexity index is 807. The van der Waals surface area contributed by atoms with Crippen molar-refractivity contribution in [1.29, 1.82) is 0 Å². The number of hydrogen-bond donors (Lipinski definition) is 1. The number of carbonyl (C=O) groups excluding carboxylic acids is 1. The summed E-state index contributed by atoms with van der Waals surface area (Å²) in [7, 11) is 0. The lowest BCUT2D eigenvalue weighted by Crippen LogP contribution is -2.27. The Balaban J connectivity index is 3.34. The molecule has 0 spiro atoms. The summed E-state index contributed by atoms with van der Waals surface area (Å²) < 4.78 is 11.2. The molecule has 0 saturated carbocycles. The van der Waals surface area contributed by atoms with E-state index in [2.05, 4.69) is 38.2 Å². The van der Waals surface area contributed by atoms with Gasteiger partial charge in [-0.05, 0) is 44.9 Å². The fraction of sp³-hybridized carbons (Fsp3) is 0.906. The van der Waals surface area contributed by atoms with Crippen LogP contribution in [0.3, 0.4) is 0 Å². The number of ether oxygens (including phenoxy) is 2. The van der Waals surface area contributed by atoms with Crippen LogP contribution in [0.2, 0.25) is 0 Å². The van der Waals surface area contributed by atoms with Crippen molar-refractivity contribution in [3.8, 4) is 0 Å². The molecule has 1 N–H and O–H groups in total. The SMILES string of the molecule is CCCCC/C=C\C/C=C\CCCCCCCCCCCC(=O)OC(CO)COCCCCCCCCCCCCCCCCCCCCCCCCCCCC. The van der Waals surface area contributed by atoms with E-state index >= 15 is 0 Å². The summed E-state index contributed by atoms with van der Waals surface area (Å²) in [4.78, 5) is 12.3. The quantitative estimate of drug-likeness (QED) is 0.0378. The van der Waals surface area contributed by atoms with Crippen molar-refractivity contribution < 1.29 is 19.4 Å². The topological polar surface area (TPSA) is 55.8 Å². The van der Waals surface area contributed by atoms with Gasteiger partial charge in [0, 0.05) is 13.0 Å². The Kier molecular flexibility index (Phi) is 50.0. The Morgan fingerprint density at radius 2 is 0.737 bits per heavy atom. The number of unbranched alkanes of at least 4 members (excludes halogenated alkanes) is 37. The third kappa shape index (κ3) is 49.1. The fourth-order valence-corrected chi connectivity index (χ4v) is 7.89. The predicted octanol–water partition coefficient (Wildman–Crippen LogP) is 17.4. The molecule has 0 aromatic heterocycles. The molecule has 0 aliphatic carbocycles. The van der Waals surface area contributed by atoms with Gasteiger partial charge in [-0.3, -0.25) is 4.79 Å². The third-order valence-electron chi connectivity index (χ3n) is 11.8. The highest BCUT2D eigenvalue weighted by molar-refractivity contribution is 5.69. The molecule has 0 aromatic carbocycles. The lowest BCUT2D eigenvalue weighted by atomic mass is 10.0. The van der Waals surface area contributed by atoms with Crippen molar-refractivity contribution in [2.24, 2.45) is 0 Å². The van der Waals surface area contributed by atoms with E-state index in [1.54, 1.807) is 0 Å². The van der Waals surface area contributed by atoms with Crippen LogP contribution in [0.1, 0.15) is 284 Å². The van der Waals surface area contributed by atoms with Crippen molar-refractivity contribution >= 4 is 5.97 Å². The van der Waals surface area contributed by atoms with Gasteiger partial charge in [-0.15, -0.1) is 0 Å². The van der Waals surface area contributed by atoms with Gasteiger partial charge in [0.15, 0.2) is 0 Å². The van der Waals surface area contributed by atoms with Crippen molar-refractivity contribution in [1.82, 2.24) is 0 Å². The second-order valence-corrected chi connectivity index (χ2v) is 17.6. The van der Waals surface area contributed by atoms with Crippen LogP contribution in [0.5, 0.6) is 0 Å². The Labute approximate surface area is 358 Å². The van der Waals surface area contributed by atoms with E-state index in [1.165, 1.54) is 238 Å². The minimum Gasteiger partial charge on any atom is -0.457 e. The molecule has 0 amide bonds. The summed E-state index contributed by atoms with van der Waals surface area (Å²) in [6, 6.07) is 0. The van der Waals surface area contributed by atoms with Crippen molar-refractivity contribution in [3.63, 3.8) is 0 Å². The number of rotatable bonds is 49. The van der Waals surface area contributed by atoms with E-state index in [-0.39, 0.29) is 12.6 Å². The second-order valence-electron chi connectivity index (χ2n) is 17.6. The summed E-state index contributed by atoms with van der Waals surface area (Å²) in [5.41, 5.74) is 0. The van der Waals surface area contributed by atoms with Crippen molar-refractivity contribution in [2.75, 3.05) is 19.8 Å². The first-order valence-electron chi connectivity index (χ1n) is 25.9. The molecular formula is C53H102O4. The highest BCUT2D eigenvalue weighted by Crippen LogP contribution is 2.17. The van der Waals surface area contributed by atoms with E-state index in [9.17, 15) is 9.90 Å². The largest absolute Gasteiger partial charge is 0.457 e. The highest BCUT2D eigenvalue weighted by atomic mass is 16.6. The van der Waals surface area contributed by atoms with E-state index < -0.39 is 6.10 Å². The average Bonchev–Trinajstić information content (AvgIpc) is 3.22. The Hall–Kier alpha value is -1.13. The molecule has 0 aromatic rings. The van der Waals surface area contributed by atoms with Gasteiger partial charge in [-0.1, -0.05) is 256 Å². The van der Waals surface area contributed by atoms with Gasteiger partial charge >= 0.3 is 5.97 Å². The first-order chi connectivity index (χ1) is 28.2. The maximum absolute atomic E-state index is 12.3. The summed E-state index contributed by atoms with van der Waals surface area (Å²) in [6.45, 7) is 5.37. The molecule has 4 heteroatoms. The van der Waals surface area contributed by atoms with Gasteiger partial charge in [0.25, 0.3) is 0 Å². The van der Waals surface area contributed by atoms with Gasteiger partial charge in [0.1, 0.15) is 6.10 Å². The Morgan fingerprint density at radius 3 is 1.12 bits per heavy atom. The van der Waals surface area contributed by atoms with Crippen LogP contribution in [0.4, 0.5) is 0 Å². The summed E-state index contributed by atoms with van der Waals surface area (Å²) in [6.07, 6.45) is 64.2. The number of esters is 1. The zero-order valence-electron chi connectivity index (χ0n) is 38.9. The molecule has 0 radical (unpaired) electrons. The van der Waals surface area contributed by atoms with Gasteiger partial charge in [-0.2, -0.15) is 0 Å². The van der Waals surface area contributed by atoms with Crippen molar-refractivity contribution in [3.05, 3.63) is 24.3 Å². The minimum absolute atomic E-state index is 0.169. The summed E-state index contributed by atoms with van der Waals surface area (Å²) in [5.74, 6) is -0.199. The maximum Gasteiger partial charge on any atom is 0.306 e. The normalized spacial score (nSPS) is 12.4. The van der Waals surface area contributed by atoms with E-state index in [1.807, 2.05) is 0 Å². The van der Waals surface area contributed by atoms with E-state index in [0.29, 0.717) is 19.6 Å². The number of hydrogen-bond acceptors (Lipinski definition) is 4. The zero-order valence-corrected chi connectivity index (χ0v) is 38.9. The van der Waals surface area contributed by atoms with Crippen LogP contribution in [0, 0.1) is 0 Å². The average molecular weight is 803 g/mol. The monoisotopic (exact) mass is 803 g/mol. The lowest BCUT2D eigenvalue weighted by molar-refractivity contribution is -0.154. The number of allylic oxidation sites excluding steroid dienone is 4. The van der Waals surface area contributed by atoms with E-state index in [4.69, 9.17) is 9.47 Å². The van der Waals surface area contributed by atoms with Gasteiger partial charge in [-0.25, -0.2) is 0 Å². The summed E-state index contributed by atoms with van der Waals surface area (Å²) >= 11 is 0. The first-order valence-corrected chi connectivity index (χ1v) is 25.9. The predicted molar refractivity (Wildman–Crippen MR) is 251 cm³/mol. The van der Waals surface area contributed by atoms with Crippen molar-refractivity contribution in [2.45, 2.75) is 290 Å². The zero-order chi connectivity index (χ0) is 41.2. The second kappa shape index (κ2) is 51.0. The molecule has 1 unspecified atom stereocenters. The fourth-order valence-electron chi connectivity index (χ4n) is 7.89. The molecule has 0 fully saturated rings. The number of carbonyl (C=O) groups is 1. The van der Waals surface area contributed by atoms with Crippen LogP contribution in [0.25, 0.3) is 0 Å². The first kappa shape index (κ1) is 55.9. The van der Waals surface area contributed by atoms with Crippen LogP contribution in [-0.2, 0) is 14.3 Å². The molecule has 0 saturated heterocycles. The maximum atomic E-state index is 12.3.